The first kappa shape index (κ1) is 20.5. The SMILES string of the molecule is CNS(=O)(=O)c1ccc(CCC(=O)N2CC(C)OC(c3ccccc3)C2)cc1. The lowest BCUT2D eigenvalue weighted by molar-refractivity contribution is -0.144. The minimum Gasteiger partial charge on any atom is -0.367 e. The zero-order valence-corrected chi connectivity index (χ0v) is 17.0. The molecule has 3 rings (SSSR count). The van der Waals surface area contributed by atoms with Gasteiger partial charge in [0.15, 0.2) is 0 Å². The normalized spacial score (nSPS) is 20.1. The Morgan fingerprint density at radius 2 is 1.79 bits per heavy atom. The zero-order chi connectivity index (χ0) is 20.1. The lowest BCUT2D eigenvalue weighted by Gasteiger charge is -2.37. The van der Waals surface area contributed by atoms with Crippen LogP contribution in [0.4, 0.5) is 0 Å². The Labute approximate surface area is 166 Å². The Hall–Kier alpha value is -2.22. The molecule has 0 saturated carbocycles. The summed E-state index contributed by atoms with van der Waals surface area (Å²) in [7, 11) is -2.06. The summed E-state index contributed by atoms with van der Waals surface area (Å²) in [4.78, 5) is 14.8. The van der Waals surface area contributed by atoms with E-state index in [1.54, 1.807) is 24.3 Å². The average Bonchev–Trinajstić information content (AvgIpc) is 2.72. The van der Waals surface area contributed by atoms with Crippen LogP contribution in [0.1, 0.15) is 30.6 Å². The van der Waals surface area contributed by atoms with Crippen molar-refractivity contribution in [3.63, 3.8) is 0 Å². The topological polar surface area (TPSA) is 75.7 Å². The van der Waals surface area contributed by atoms with Gasteiger partial charge in [-0.1, -0.05) is 42.5 Å². The van der Waals surface area contributed by atoms with Crippen molar-refractivity contribution in [1.82, 2.24) is 9.62 Å². The molecule has 1 heterocycles. The molecule has 1 saturated heterocycles. The first-order valence-corrected chi connectivity index (χ1v) is 10.9. The maximum absolute atomic E-state index is 12.7. The largest absolute Gasteiger partial charge is 0.367 e. The Bertz CT molecular complexity index is 898. The number of benzene rings is 2. The van der Waals surface area contributed by atoms with E-state index in [9.17, 15) is 13.2 Å². The summed E-state index contributed by atoms with van der Waals surface area (Å²) >= 11 is 0. The molecule has 28 heavy (non-hydrogen) atoms. The third kappa shape index (κ3) is 4.98. The summed E-state index contributed by atoms with van der Waals surface area (Å²) in [6, 6.07) is 16.6. The molecule has 6 nitrogen and oxygen atoms in total. The fraction of sp³-hybridized carbons (Fsp3) is 0.381. The van der Waals surface area contributed by atoms with Crippen LogP contribution in [-0.2, 0) is 26.0 Å². The molecule has 2 atom stereocenters. The monoisotopic (exact) mass is 402 g/mol. The van der Waals surface area contributed by atoms with Crippen molar-refractivity contribution in [3.05, 3.63) is 65.7 Å². The Balaban J connectivity index is 1.60. The number of amides is 1. The van der Waals surface area contributed by atoms with Crippen molar-refractivity contribution in [2.75, 3.05) is 20.1 Å². The van der Waals surface area contributed by atoms with Gasteiger partial charge in [0.1, 0.15) is 6.10 Å². The number of nitrogens with one attached hydrogen (secondary N) is 1. The summed E-state index contributed by atoms with van der Waals surface area (Å²) in [6.07, 6.45) is 0.821. The van der Waals surface area contributed by atoms with Gasteiger partial charge in [0.25, 0.3) is 0 Å². The van der Waals surface area contributed by atoms with Gasteiger partial charge in [-0.2, -0.15) is 0 Å². The van der Waals surface area contributed by atoms with Crippen LogP contribution in [0, 0.1) is 0 Å². The standard InChI is InChI=1S/C21H26N2O4S/c1-16-14-23(15-20(27-16)18-6-4-3-5-7-18)21(24)13-10-17-8-11-19(12-9-17)28(25,26)22-2/h3-9,11-12,16,20,22H,10,13-15H2,1-2H3. The molecule has 150 valence electrons. The molecule has 0 spiro atoms. The second-order valence-electron chi connectivity index (χ2n) is 7.00. The van der Waals surface area contributed by atoms with E-state index in [1.165, 1.54) is 7.05 Å². The van der Waals surface area contributed by atoms with E-state index >= 15 is 0 Å². The molecular weight excluding hydrogens is 376 g/mol. The Morgan fingerprint density at radius 3 is 2.43 bits per heavy atom. The highest BCUT2D eigenvalue weighted by Crippen LogP contribution is 2.25. The van der Waals surface area contributed by atoms with Crippen molar-refractivity contribution >= 4 is 15.9 Å². The molecule has 2 aromatic carbocycles. The van der Waals surface area contributed by atoms with Gasteiger partial charge < -0.3 is 9.64 Å². The lowest BCUT2D eigenvalue weighted by atomic mass is 10.1. The van der Waals surface area contributed by atoms with Gasteiger partial charge in [-0.05, 0) is 43.7 Å². The highest BCUT2D eigenvalue weighted by atomic mass is 32.2. The van der Waals surface area contributed by atoms with Gasteiger partial charge >= 0.3 is 0 Å². The number of rotatable bonds is 6. The third-order valence-electron chi connectivity index (χ3n) is 4.91. The molecule has 2 unspecified atom stereocenters. The fourth-order valence-electron chi connectivity index (χ4n) is 3.37. The molecule has 0 aliphatic carbocycles. The van der Waals surface area contributed by atoms with E-state index in [2.05, 4.69) is 4.72 Å². The van der Waals surface area contributed by atoms with Gasteiger partial charge in [0.05, 0.1) is 17.5 Å². The maximum atomic E-state index is 12.7. The number of aryl methyl sites for hydroxylation is 1. The van der Waals surface area contributed by atoms with Crippen LogP contribution in [-0.4, -0.2) is 45.5 Å². The van der Waals surface area contributed by atoms with E-state index in [4.69, 9.17) is 4.74 Å². The zero-order valence-electron chi connectivity index (χ0n) is 16.2. The molecule has 1 amide bonds. The fourth-order valence-corrected chi connectivity index (χ4v) is 4.10. The van der Waals surface area contributed by atoms with E-state index in [1.807, 2.05) is 42.2 Å². The first-order valence-electron chi connectivity index (χ1n) is 9.39. The molecule has 7 heteroatoms. The molecule has 0 bridgehead atoms. The number of ether oxygens (including phenoxy) is 1. The molecule has 1 fully saturated rings. The van der Waals surface area contributed by atoms with Crippen LogP contribution in [0.2, 0.25) is 0 Å². The number of sulfonamides is 1. The number of carbonyl (C=O) groups is 1. The lowest BCUT2D eigenvalue weighted by Crippen LogP contribution is -2.46. The third-order valence-corrected chi connectivity index (χ3v) is 6.34. The molecule has 0 radical (unpaired) electrons. The summed E-state index contributed by atoms with van der Waals surface area (Å²) < 4.78 is 31.9. The number of morpholine rings is 1. The van der Waals surface area contributed by atoms with Crippen molar-refractivity contribution < 1.29 is 17.9 Å². The molecule has 0 aromatic heterocycles. The van der Waals surface area contributed by atoms with Crippen LogP contribution in [0.3, 0.4) is 0 Å². The summed E-state index contributed by atoms with van der Waals surface area (Å²) in [6.45, 7) is 3.12. The smallest absolute Gasteiger partial charge is 0.240 e. The highest BCUT2D eigenvalue weighted by Gasteiger charge is 2.29. The second kappa shape index (κ2) is 8.86. The minimum absolute atomic E-state index is 0.0195. The van der Waals surface area contributed by atoms with Gasteiger partial charge in [0.2, 0.25) is 15.9 Å². The van der Waals surface area contributed by atoms with Gasteiger partial charge in [0, 0.05) is 13.0 Å². The van der Waals surface area contributed by atoms with Crippen LogP contribution < -0.4 is 4.72 Å². The van der Waals surface area contributed by atoms with E-state index in [0.29, 0.717) is 25.9 Å². The molecule has 1 aliphatic rings. The van der Waals surface area contributed by atoms with Crippen molar-refractivity contribution in [3.8, 4) is 0 Å². The quantitative estimate of drug-likeness (QED) is 0.806. The second-order valence-corrected chi connectivity index (χ2v) is 8.88. The predicted octanol–water partition coefficient (Wildman–Crippen LogP) is 2.52. The Morgan fingerprint density at radius 1 is 1.11 bits per heavy atom. The number of nitrogens with zero attached hydrogens (tertiary/aromatic N) is 1. The number of hydrogen-bond donors (Lipinski definition) is 1. The summed E-state index contributed by atoms with van der Waals surface area (Å²) in [5.74, 6) is 0.0861. The average molecular weight is 403 g/mol. The number of hydrogen-bond acceptors (Lipinski definition) is 4. The van der Waals surface area contributed by atoms with E-state index in [-0.39, 0.29) is 23.0 Å². The molecule has 1 N–H and O–H groups in total. The first-order chi connectivity index (χ1) is 13.4. The van der Waals surface area contributed by atoms with Crippen LogP contribution >= 0.6 is 0 Å². The minimum atomic E-state index is -3.44. The van der Waals surface area contributed by atoms with Gasteiger partial charge in [-0.3, -0.25) is 4.79 Å². The van der Waals surface area contributed by atoms with Crippen molar-refractivity contribution in [2.24, 2.45) is 0 Å². The van der Waals surface area contributed by atoms with E-state index < -0.39 is 10.0 Å². The Kier molecular flexibility index (Phi) is 6.49. The van der Waals surface area contributed by atoms with Gasteiger partial charge in [-0.25, -0.2) is 13.1 Å². The van der Waals surface area contributed by atoms with E-state index in [0.717, 1.165) is 11.1 Å². The molecular formula is C21H26N2O4S. The van der Waals surface area contributed by atoms with Crippen molar-refractivity contribution in [1.29, 1.82) is 0 Å². The number of carbonyl (C=O) groups excluding carboxylic acids is 1. The molecule has 1 aliphatic heterocycles. The van der Waals surface area contributed by atoms with Crippen LogP contribution in [0.5, 0.6) is 0 Å². The summed E-state index contributed by atoms with van der Waals surface area (Å²) in [5, 5.41) is 0. The van der Waals surface area contributed by atoms with Crippen LogP contribution in [0.25, 0.3) is 0 Å². The summed E-state index contributed by atoms with van der Waals surface area (Å²) in [5.41, 5.74) is 2.01. The highest BCUT2D eigenvalue weighted by molar-refractivity contribution is 7.89. The predicted molar refractivity (Wildman–Crippen MR) is 107 cm³/mol. The van der Waals surface area contributed by atoms with Crippen molar-refractivity contribution in [2.45, 2.75) is 36.9 Å². The van der Waals surface area contributed by atoms with Crippen LogP contribution in [0.15, 0.2) is 59.5 Å². The molecule has 2 aromatic rings. The maximum Gasteiger partial charge on any atom is 0.240 e. The van der Waals surface area contributed by atoms with Gasteiger partial charge in [-0.15, -0.1) is 0 Å².